The van der Waals surface area contributed by atoms with Gasteiger partial charge in [-0.05, 0) is 84.1 Å². The molecule has 212 valence electrons. The zero-order chi connectivity index (χ0) is 28.6. The molecule has 38 heavy (non-hydrogen) atoms. The number of aryl methyl sites for hydroxylation is 1. The lowest BCUT2D eigenvalue weighted by Gasteiger charge is -2.38. The van der Waals surface area contributed by atoms with Crippen LogP contribution in [0.3, 0.4) is 0 Å². The summed E-state index contributed by atoms with van der Waals surface area (Å²) in [5, 5.41) is 15.8. The molecular formula is C28H44N4O6. The molecule has 0 bridgehead atoms. The summed E-state index contributed by atoms with van der Waals surface area (Å²) >= 11 is 0. The van der Waals surface area contributed by atoms with Gasteiger partial charge >= 0.3 is 6.09 Å². The van der Waals surface area contributed by atoms with Crippen LogP contribution in [-0.2, 0) is 19.1 Å². The Bertz CT molecular complexity index is 998. The standard InChI is InChI=1S/C28H44N4O6/c1-17(2)32(26(36)21(13-15-23(29)34)31-27(37)38-28(4,5)6)24(19-12-14-22(33)18(3)16-19)25(35)30-20-10-8-7-9-11-20/h12,14,16-17,20-21,24,33H,7-11,13,15H2,1-6H3,(H2,29,34)(H,30,35)(H,31,37). The molecule has 1 fully saturated rings. The van der Waals surface area contributed by atoms with Crippen LogP contribution in [0.1, 0.15) is 96.7 Å². The maximum Gasteiger partial charge on any atom is 0.408 e. The number of carbonyl (C=O) groups excluding carboxylic acids is 4. The van der Waals surface area contributed by atoms with Crippen LogP contribution in [0.5, 0.6) is 5.75 Å². The first-order valence-electron chi connectivity index (χ1n) is 13.4. The quantitative estimate of drug-likeness (QED) is 0.362. The first kappa shape index (κ1) is 30.9. The third-order valence-electron chi connectivity index (χ3n) is 6.49. The average Bonchev–Trinajstić information content (AvgIpc) is 2.80. The van der Waals surface area contributed by atoms with E-state index in [1.165, 1.54) is 11.0 Å². The van der Waals surface area contributed by atoms with Crippen LogP contribution in [0.15, 0.2) is 18.2 Å². The van der Waals surface area contributed by atoms with Crippen molar-refractivity contribution < 1.29 is 29.0 Å². The minimum atomic E-state index is -1.15. The topological polar surface area (TPSA) is 151 Å². The number of hydrogen-bond donors (Lipinski definition) is 4. The number of primary amides is 1. The molecule has 4 amide bonds. The number of alkyl carbamates (subject to hydrolysis) is 1. The summed E-state index contributed by atoms with van der Waals surface area (Å²) in [6.45, 7) is 10.4. The summed E-state index contributed by atoms with van der Waals surface area (Å²) in [6, 6.07) is 2.18. The number of nitrogens with one attached hydrogen (secondary N) is 2. The molecule has 1 aromatic carbocycles. The normalized spacial score (nSPS) is 15.9. The number of benzene rings is 1. The molecule has 2 atom stereocenters. The highest BCUT2D eigenvalue weighted by Gasteiger charge is 2.38. The Morgan fingerprint density at radius 3 is 2.29 bits per heavy atom. The van der Waals surface area contributed by atoms with Gasteiger partial charge in [0.05, 0.1) is 0 Å². The molecule has 0 aliphatic heterocycles. The lowest BCUT2D eigenvalue weighted by atomic mass is 9.94. The van der Waals surface area contributed by atoms with Gasteiger partial charge in [0.1, 0.15) is 23.4 Å². The van der Waals surface area contributed by atoms with Crippen molar-refractivity contribution in [2.75, 3.05) is 0 Å². The van der Waals surface area contributed by atoms with Crippen molar-refractivity contribution >= 4 is 23.8 Å². The van der Waals surface area contributed by atoms with Gasteiger partial charge in [-0.15, -0.1) is 0 Å². The molecule has 2 rings (SSSR count). The maximum absolute atomic E-state index is 14.0. The summed E-state index contributed by atoms with van der Waals surface area (Å²) in [5.41, 5.74) is 5.64. The molecule has 1 saturated carbocycles. The van der Waals surface area contributed by atoms with E-state index in [0.29, 0.717) is 11.1 Å². The molecule has 0 saturated heterocycles. The highest BCUT2D eigenvalue weighted by molar-refractivity contribution is 5.92. The molecule has 0 aromatic heterocycles. The van der Waals surface area contributed by atoms with Crippen molar-refractivity contribution in [2.24, 2.45) is 5.73 Å². The number of phenols is 1. The van der Waals surface area contributed by atoms with E-state index in [1.807, 2.05) is 0 Å². The van der Waals surface area contributed by atoms with E-state index in [2.05, 4.69) is 10.6 Å². The van der Waals surface area contributed by atoms with Gasteiger partial charge in [0.25, 0.3) is 0 Å². The number of aromatic hydroxyl groups is 1. The van der Waals surface area contributed by atoms with E-state index in [0.717, 1.165) is 32.1 Å². The fraction of sp³-hybridized carbons (Fsp3) is 0.643. The zero-order valence-electron chi connectivity index (χ0n) is 23.5. The Morgan fingerprint density at radius 2 is 1.76 bits per heavy atom. The highest BCUT2D eigenvalue weighted by atomic mass is 16.6. The Labute approximate surface area is 225 Å². The van der Waals surface area contributed by atoms with E-state index in [-0.39, 0.29) is 30.5 Å². The molecule has 0 radical (unpaired) electrons. The third kappa shape index (κ3) is 9.22. The van der Waals surface area contributed by atoms with Gasteiger partial charge in [-0.1, -0.05) is 25.3 Å². The van der Waals surface area contributed by atoms with E-state index >= 15 is 0 Å². The van der Waals surface area contributed by atoms with Crippen LogP contribution < -0.4 is 16.4 Å². The number of carbonyl (C=O) groups is 4. The Morgan fingerprint density at radius 1 is 1.13 bits per heavy atom. The van der Waals surface area contributed by atoms with Gasteiger partial charge in [0.15, 0.2) is 0 Å². The summed E-state index contributed by atoms with van der Waals surface area (Å²) < 4.78 is 5.34. The first-order valence-corrected chi connectivity index (χ1v) is 13.4. The molecule has 1 aromatic rings. The second-order valence-electron chi connectivity index (χ2n) is 11.3. The van der Waals surface area contributed by atoms with Gasteiger partial charge < -0.3 is 31.1 Å². The van der Waals surface area contributed by atoms with Crippen molar-refractivity contribution in [3.8, 4) is 5.75 Å². The van der Waals surface area contributed by atoms with Crippen LogP contribution in [0, 0.1) is 6.92 Å². The number of ether oxygens (including phenoxy) is 1. The fourth-order valence-electron chi connectivity index (χ4n) is 4.67. The predicted molar refractivity (Wildman–Crippen MR) is 144 cm³/mol. The minimum absolute atomic E-state index is 0.00613. The van der Waals surface area contributed by atoms with Crippen LogP contribution in [-0.4, -0.2) is 57.5 Å². The fourth-order valence-corrected chi connectivity index (χ4v) is 4.67. The van der Waals surface area contributed by atoms with E-state index in [1.54, 1.807) is 53.7 Å². The minimum Gasteiger partial charge on any atom is -0.508 e. The van der Waals surface area contributed by atoms with Crippen LogP contribution in [0.25, 0.3) is 0 Å². The van der Waals surface area contributed by atoms with Crippen molar-refractivity contribution in [3.05, 3.63) is 29.3 Å². The van der Waals surface area contributed by atoms with Gasteiger partial charge in [-0.3, -0.25) is 14.4 Å². The molecular weight excluding hydrogens is 488 g/mol. The maximum atomic E-state index is 14.0. The average molecular weight is 533 g/mol. The zero-order valence-corrected chi connectivity index (χ0v) is 23.5. The molecule has 2 unspecified atom stereocenters. The monoisotopic (exact) mass is 532 g/mol. The molecule has 0 spiro atoms. The van der Waals surface area contributed by atoms with Gasteiger partial charge in [-0.25, -0.2) is 4.79 Å². The number of rotatable bonds is 10. The molecule has 10 heteroatoms. The molecule has 5 N–H and O–H groups in total. The number of amides is 4. The van der Waals surface area contributed by atoms with Crippen molar-refractivity contribution in [1.82, 2.24) is 15.5 Å². The summed E-state index contributed by atoms with van der Waals surface area (Å²) in [7, 11) is 0. The van der Waals surface area contributed by atoms with Gasteiger partial charge in [0.2, 0.25) is 17.7 Å². The van der Waals surface area contributed by atoms with E-state index in [9.17, 15) is 24.3 Å². The molecule has 0 heterocycles. The molecule has 1 aliphatic rings. The Balaban J connectivity index is 2.48. The van der Waals surface area contributed by atoms with Crippen molar-refractivity contribution in [1.29, 1.82) is 0 Å². The number of nitrogens with two attached hydrogens (primary N) is 1. The number of phenolic OH excluding ortho intramolecular Hbond substituents is 1. The molecule has 1 aliphatic carbocycles. The van der Waals surface area contributed by atoms with Gasteiger partial charge in [-0.2, -0.15) is 0 Å². The number of hydrogen-bond acceptors (Lipinski definition) is 6. The van der Waals surface area contributed by atoms with Crippen molar-refractivity contribution in [2.45, 2.75) is 116 Å². The van der Waals surface area contributed by atoms with Crippen LogP contribution in [0.4, 0.5) is 4.79 Å². The Kier molecular flexibility index (Phi) is 11.0. The second-order valence-corrected chi connectivity index (χ2v) is 11.3. The van der Waals surface area contributed by atoms with E-state index in [4.69, 9.17) is 10.5 Å². The molecule has 10 nitrogen and oxygen atoms in total. The highest BCUT2D eigenvalue weighted by Crippen LogP contribution is 2.30. The first-order chi connectivity index (χ1) is 17.7. The van der Waals surface area contributed by atoms with Gasteiger partial charge in [0, 0.05) is 18.5 Å². The van der Waals surface area contributed by atoms with Crippen LogP contribution >= 0.6 is 0 Å². The van der Waals surface area contributed by atoms with Crippen molar-refractivity contribution in [3.63, 3.8) is 0 Å². The summed E-state index contributed by atoms with van der Waals surface area (Å²) in [5.74, 6) is -1.42. The lowest BCUT2D eigenvalue weighted by molar-refractivity contribution is -0.145. The van der Waals surface area contributed by atoms with E-state index < -0.39 is 41.6 Å². The Hall–Kier alpha value is -3.30. The third-order valence-corrected chi connectivity index (χ3v) is 6.49. The predicted octanol–water partition coefficient (Wildman–Crippen LogP) is 3.59. The van der Waals surface area contributed by atoms with Crippen LogP contribution in [0.2, 0.25) is 0 Å². The smallest absolute Gasteiger partial charge is 0.408 e. The summed E-state index contributed by atoms with van der Waals surface area (Å²) in [6.07, 6.45) is 3.89. The summed E-state index contributed by atoms with van der Waals surface area (Å²) in [4.78, 5) is 53.4. The SMILES string of the molecule is Cc1cc(C(C(=O)NC2CCCCC2)N(C(=O)C(CCC(N)=O)NC(=O)OC(C)(C)C)C(C)C)ccc1O. The largest absolute Gasteiger partial charge is 0.508 e. The lowest BCUT2D eigenvalue weighted by Crippen LogP contribution is -2.56. The second kappa shape index (κ2) is 13.5. The number of nitrogens with zero attached hydrogens (tertiary/aromatic N) is 1.